The predicted molar refractivity (Wildman–Crippen MR) is 93.3 cm³/mol. The van der Waals surface area contributed by atoms with Crippen molar-refractivity contribution in [3.63, 3.8) is 0 Å². The maximum absolute atomic E-state index is 12.4. The van der Waals surface area contributed by atoms with Crippen LogP contribution in [0.15, 0.2) is 28.8 Å². The molecule has 1 fully saturated rings. The van der Waals surface area contributed by atoms with Gasteiger partial charge in [0.2, 0.25) is 17.6 Å². The first-order chi connectivity index (χ1) is 12.2. The van der Waals surface area contributed by atoms with Gasteiger partial charge in [-0.1, -0.05) is 5.16 Å². The average Bonchev–Trinajstić information content (AvgIpc) is 3.30. The molecule has 0 radical (unpaired) electrons. The van der Waals surface area contributed by atoms with Crippen molar-refractivity contribution in [3.8, 4) is 17.1 Å². The summed E-state index contributed by atoms with van der Waals surface area (Å²) in [4.78, 5) is 18.8. The van der Waals surface area contributed by atoms with Crippen molar-refractivity contribution < 1.29 is 14.1 Å². The van der Waals surface area contributed by atoms with Gasteiger partial charge in [-0.2, -0.15) is 4.98 Å². The average molecular weight is 344 g/mol. The van der Waals surface area contributed by atoms with E-state index in [1.54, 1.807) is 7.11 Å². The van der Waals surface area contributed by atoms with E-state index in [2.05, 4.69) is 15.5 Å². The number of carbonyl (C=O) groups is 1. The van der Waals surface area contributed by atoms with E-state index in [4.69, 9.17) is 9.26 Å². The van der Waals surface area contributed by atoms with Gasteiger partial charge in [0.1, 0.15) is 5.75 Å². The molecule has 0 aliphatic carbocycles. The van der Waals surface area contributed by atoms with Gasteiger partial charge in [-0.3, -0.25) is 4.79 Å². The third-order valence-electron chi connectivity index (χ3n) is 4.51. The van der Waals surface area contributed by atoms with Crippen LogP contribution in [0.25, 0.3) is 11.4 Å². The van der Waals surface area contributed by atoms with Gasteiger partial charge in [0.15, 0.2) is 0 Å². The molecule has 0 spiro atoms. The van der Waals surface area contributed by atoms with Crippen LogP contribution in [0.5, 0.6) is 5.75 Å². The zero-order valence-electron chi connectivity index (χ0n) is 14.7. The van der Waals surface area contributed by atoms with Crippen LogP contribution >= 0.6 is 0 Å². The number of likely N-dealkylation sites (N-methyl/N-ethyl adjacent to an activating group) is 1. The number of rotatable bonds is 7. The molecule has 1 unspecified atom stereocenters. The number of hydrogen-bond acceptors (Lipinski definition) is 6. The fraction of sp³-hybridized carbons (Fsp3) is 0.500. The number of benzene rings is 1. The normalized spacial score (nSPS) is 17.0. The van der Waals surface area contributed by atoms with Crippen LogP contribution in [-0.2, 0) is 11.2 Å². The Morgan fingerprint density at radius 1 is 1.40 bits per heavy atom. The molecule has 7 heteroatoms. The highest BCUT2D eigenvalue weighted by atomic mass is 16.5. The second kappa shape index (κ2) is 8.11. The van der Waals surface area contributed by atoms with Gasteiger partial charge in [-0.15, -0.1) is 0 Å². The summed E-state index contributed by atoms with van der Waals surface area (Å²) < 4.78 is 10.4. The number of aromatic nitrogens is 2. The lowest BCUT2D eigenvalue weighted by Gasteiger charge is -2.24. The molecule has 0 bridgehead atoms. The zero-order chi connectivity index (χ0) is 17.6. The molecule has 1 N–H and O–H groups in total. The Morgan fingerprint density at radius 2 is 2.20 bits per heavy atom. The molecule has 7 nitrogen and oxygen atoms in total. The predicted octanol–water partition coefficient (Wildman–Crippen LogP) is 1.89. The maximum atomic E-state index is 12.4. The minimum atomic E-state index is 0.155. The first-order valence-corrected chi connectivity index (χ1v) is 8.62. The van der Waals surface area contributed by atoms with Gasteiger partial charge in [-0.25, -0.2) is 0 Å². The van der Waals surface area contributed by atoms with E-state index in [1.807, 2.05) is 36.2 Å². The fourth-order valence-corrected chi connectivity index (χ4v) is 3.18. The Labute approximate surface area is 147 Å². The second-order valence-corrected chi connectivity index (χ2v) is 6.18. The van der Waals surface area contributed by atoms with E-state index in [0.717, 1.165) is 37.2 Å². The van der Waals surface area contributed by atoms with E-state index < -0.39 is 0 Å². The number of hydrogen-bond donors (Lipinski definition) is 1. The van der Waals surface area contributed by atoms with Crippen LogP contribution in [0.2, 0.25) is 0 Å². The molecule has 2 aromatic rings. The third-order valence-corrected chi connectivity index (χ3v) is 4.51. The first-order valence-electron chi connectivity index (χ1n) is 8.62. The van der Waals surface area contributed by atoms with E-state index in [1.165, 1.54) is 0 Å². The van der Waals surface area contributed by atoms with Crippen molar-refractivity contribution in [2.24, 2.45) is 0 Å². The lowest BCUT2D eigenvalue weighted by Crippen LogP contribution is -2.40. The van der Waals surface area contributed by atoms with Gasteiger partial charge >= 0.3 is 0 Å². The van der Waals surface area contributed by atoms with Gasteiger partial charge in [0, 0.05) is 37.5 Å². The highest BCUT2D eigenvalue weighted by molar-refractivity contribution is 5.77. The monoisotopic (exact) mass is 344 g/mol. The Morgan fingerprint density at radius 3 is 2.92 bits per heavy atom. The highest BCUT2D eigenvalue weighted by Gasteiger charge is 2.27. The molecule has 1 atom stereocenters. The molecule has 1 saturated heterocycles. The number of nitrogens with one attached hydrogen (secondary N) is 1. The SMILES string of the molecule is CNCC1CCCN1C(=O)CCc1nc(-c2ccc(OC)cc2)no1. The van der Waals surface area contributed by atoms with Crippen molar-refractivity contribution in [2.75, 3.05) is 27.2 Å². The van der Waals surface area contributed by atoms with Gasteiger partial charge in [0.05, 0.1) is 7.11 Å². The largest absolute Gasteiger partial charge is 0.497 e. The third kappa shape index (κ3) is 4.17. The Hall–Kier alpha value is -2.41. The van der Waals surface area contributed by atoms with E-state index >= 15 is 0 Å². The van der Waals surface area contributed by atoms with Crippen molar-refractivity contribution in [3.05, 3.63) is 30.2 Å². The molecule has 25 heavy (non-hydrogen) atoms. The minimum absolute atomic E-state index is 0.155. The van der Waals surface area contributed by atoms with E-state index in [0.29, 0.717) is 30.6 Å². The number of amides is 1. The molecule has 134 valence electrons. The summed E-state index contributed by atoms with van der Waals surface area (Å²) in [6.45, 7) is 1.68. The Kier molecular flexibility index (Phi) is 5.65. The molecule has 1 aromatic heterocycles. The molecule has 2 heterocycles. The number of carbonyl (C=O) groups excluding carboxylic acids is 1. The van der Waals surface area contributed by atoms with Gasteiger partial charge < -0.3 is 19.5 Å². The number of ether oxygens (including phenoxy) is 1. The number of nitrogens with zero attached hydrogens (tertiary/aromatic N) is 3. The lowest BCUT2D eigenvalue weighted by molar-refractivity contribution is -0.132. The molecule has 1 aliphatic rings. The standard InChI is InChI=1S/C18H24N4O3/c1-19-12-14-4-3-11-22(14)17(23)10-9-16-20-18(21-25-16)13-5-7-15(24-2)8-6-13/h5-8,14,19H,3-4,9-12H2,1-2H3. The summed E-state index contributed by atoms with van der Waals surface area (Å²) in [5.41, 5.74) is 0.857. The van der Waals surface area contributed by atoms with Crippen LogP contribution in [0.1, 0.15) is 25.2 Å². The van der Waals surface area contributed by atoms with Crippen LogP contribution in [-0.4, -0.2) is 54.2 Å². The van der Waals surface area contributed by atoms with Crippen molar-refractivity contribution in [1.29, 1.82) is 0 Å². The van der Waals surface area contributed by atoms with Crippen LogP contribution in [0.3, 0.4) is 0 Å². The van der Waals surface area contributed by atoms with Crippen LogP contribution in [0.4, 0.5) is 0 Å². The quantitative estimate of drug-likeness (QED) is 0.826. The molecular weight excluding hydrogens is 320 g/mol. The van der Waals surface area contributed by atoms with Gasteiger partial charge in [0.25, 0.3) is 0 Å². The Balaban J connectivity index is 1.57. The van der Waals surface area contributed by atoms with Crippen molar-refractivity contribution in [2.45, 2.75) is 31.7 Å². The molecule has 0 saturated carbocycles. The summed E-state index contributed by atoms with van der Waals surface area (Å²) in [5.74, 6) is 1.95. The molecule has 1 aromatic carbocycles. The molecular formula is C18H24N4O3. The van der Waals surface area contributed by atoms with E-state index in [9.17, 15) is 4.79 Å². The molecule has 1 amide bonds. The highest BCUT2D eigenvalue weighted by Crippen LogP contribution is 2.21. The summed E-state index contributed by atoms with van der Waals surface area (Å²) in [6, 6.07) is 7.76. The minimum Gasteiger partial charge on any atom is -0.497 e. The summed E-state index contributed by atoms with van der Waals surface area (Å²) in [7, 11) is 3.54. The number of methoxy groups -OCH3 is 1. The van der Waals surface area contributed by atoms with E-state index in [-0.39, 0.29) is 5.91 Å². The molecule has 1 aliphatic heterocycles. The molecule has 3 rings (SSSR count). The zero-order valence-corrected chi connectivity index (χ0v) is 14.7. The topological polar surface area (TPSA) is 80.5 Å². The van der Waals surface area contributed by atoms with Gasteiger partial charge in [-0.05, 0) is 44.2 Å². The number of likely N-dealkylation sites (tertiary alicyclic amines) is 1. The fourth-order valence-electron chi connectivity index (χ4n) is 3.18. The van der Waals surface area contributed by atoms with Crippen molar-refractivity contribution in [1.82, 2.24) is 20.4 Å². The lowest BCUT2D eigenvalue weighted by atomic mass is 10.2. The van der Waals surface area contributed by atoms with Crippen molar-refractivity contribution >= 4 is 5.91 Å². The van der Waals surface area contributed by atoms with Crippen LogP contribution < -0.4 is 10.1 Å². The summed E-state index contributed by atoms with van der Waals surface area (Å²) in [6.07, 6.45) is 2.99. The Bertz CT molecular complexity index is 699. The van der Waals surface area contributed by atoms with Crippen LogP contribution in [0, 0.1) is 0 Å². The maximum Gasteiger partial charge on any atom is 0.227 e. The number of aryl methyl sites for hydroxylation is 1. The summed E-state index contributed by atoms with van der Waals surface area (Å²) in [5, 5.41) is 7.15. The summed E-state index contributed by atoms with van der Waals surface area (Å²) >= 11 is 0. The second-order valence-electron chi connectivity index (χ2n) is 6.18. The first kappa shape index (κ1) is 17.4. The smallest absolute Gasteiger partial charge is 0.227 e.